The van der Waals surface area contributed by atoms with E-state index in [-0.39, 0.29) is 12.4 Å². The summed E-state index contributed by atoms with van der Waals surface area (Å²) in [6, 6.07) is 10.6. The molecule has 4 heteroatoms. The number of nitriles is 1. The van der Waals surface area contributed by atoms with E-state index >= 15 is 0 Å². The molecule has 0 aliphatic heterocycles. The van der Waals surface area contributed by atoms with Gasteiger partial charge in [0.25, 0.3) is 0 Å². The summed E-state index contributed by atoms with van der Waals surface area (Å²) in [4.78, 5) is 4.50. The molecule has 0 saturated carbocycles. The summed E-state index contributed by atoms with van der Waals surface area (Å²) in [6.45, 7) is 2.07. The van der Waals surface area contributed by atoms with Crippen molar-refractivity contribution in [2.45, 2.75) is 39.0 Å². The summed E-state index contributed by atoms with van der Waals surface area (Å²) < 4.78 is 0. The normalized spacial score (nSPS) is 13.5. The van der Waals surface area contributed by atoms with Crippen molar-refractivity contribution in [1.82, 2.24) is 4.98 Å². The molecule has 0 radical (unpaired) electrons. The van der Waals surface area contributed by atoms with Crippen LogP contribution in [0.5, 0.6) is 0 Å². The predicted molar refractivity (Wildman–Crippen MR) is 92.0 cm³/mol. The summed E-state index contributed by atoms with van der Waals surface area (Å²) in [5, 5.41) is 9.52. The van der Waals surface area contributed by atoms with E-state index in [0.29, 0.717) is 11.4 Å². The van der Waals surface area contributed by atoms with Crippen LogP contribution in [-0.2, 0) is 12.8 Å². The SMILES string of the molecule is Cc1ccc(-c2c(C#N)c(N)nc3c2CCCCC3)cc1.Cl. The number of aromatic nitrogens is 1. The van der Waals surface area contributed by atoms with Gasteiger partial charge in [0, 0.05) is 11.3 Å². The van der Waals surface area contributed by atoms with Gasteiger partial charge in [-0.1, -0.05) is 36.2 Å². The molecule has 0 spiro atoms. The maximum absolute atomic E-state index is 9.52. The molecular formula is C18H20ClN3. The van der Waals surface area contributed by atoms with Gasteiger partial charge in [0.05, 0.1) is 0 Å². The highest BCUT2D eigenvalue weighted by Gasteiger charge is 2.20. The number of pyridine rings is 1. The number of fused-ring (bicyclic) bond motifs is 1. The first-order valence-corrected chi connectivity index (χ1v) is 7.49. The van der Waals surface area contributed by atoms with E-state index in [4.69, 9.17) is 5.73 Å². The Bertz CT molecular complexity index is 715. The van der Waals surface area contributed by atoms with Gasteiger partial charge in [0.15, 0.2) is 0 Å². The van der Waals surface area contributed by atoms with Crippen molar-refractivity contribution in [3.63, 3.8) is 0 Å². The van der Waals surface area contributed by atoms with Crippen LogP contribution in [0.3, 0.4) is 0 Å². The molecule has 22 heavy (non-hydrogen) atoms. The zero-order valence-electron chi connectivity index (χ0n) is 12.7. The van der Waals surface area contributed by atoms with Crippen molar-refractivity contribution in [3.05, 3.63) is 46.6 Å². The molecule has 1 heterocycles. The summed E-state index contributed by atoms with van der Waals surface area (Å²) >= 11 is 0. The molecule has 0 bridgehead atoms. The molecule has 0 fully saturated rings. The second-order valence-electron chi connectivity index (χ2n) is 5.71. The van der Waals surface area contributed by atoms with Crippen molar-refractivity contribution < 1.29 is 0 Å². The van der Waals surface area contributed by atoms with Crippen LogP contribution in [0.2, 0.25) is 0 Å². The standard InChI is InChI=1S/C18H19N3.ClH/c1-12-7-9-13(10-8-12)17-14-5-3-2-4-6-16(14)21-18(20)15(17)11-19;/h7-10H,2-6H2,1H3,(H2,20,21);1H. The van der Waals surface area contributed by atoms with Crippen LogP contribution in [0.4, 0.5) is 5.82 Å². The van der Waals surface area contributed by atoms with Crippen molar-refractivity contribution in [2.75, 3.05) is 5.73 Å². The van der Waals surface area contributed by atoms with Gasteiger partial charge in [-0.15, -0.1) is 12.4 Å². The maximum atomic E-state index is 9.52. The van der Waals surface area contributed by atoms with Crippen LogP contribution < -0.4 is 5.73 Å². The lowest BCUT2D eigenvalue weighted by atomic mass is 9.91. The number of nitrogens with two attached hydrogens (primary N) is 1. The number of benzene rings is 1. The number of rotatable bonds is 1. The first-order valence-electron chi connectivity index (χ1n) is 7.49. The number of hydrogen-bond donors (Lipinski definition) is 1. The highest BCUT2D eigenvalue weighted by atomic mass is 35.5. The van der Waals surface area contributed by atoms with Gasteiger partial charge in [-0.3, -0.25) is 0 Å². The van der Waals surface area contributed by atoms with Gasteiger partial charge >= 0.3 is 0 Å². The molecule has 3 rings (SSSR count). The first-order chi connectivity index (χ1) is 10.2. The van der Waals surface area contributed by atoms with Crippen molar-refractivity contribution in [1.29, 1.82) is 5.26 Å². The molecule has 0 unspecified atom stereocenters. The van der Waals surface area contributed by atoms with E-state index in [1.807, 2.05) is 0 Å². The number of anilines is 1. The lowest BCUT2D eigenvalue weighted by Gasteiger charge is -2.16. The summed E-state index contributed by atoms with van der Waals surface area (Å²) in [6.07, 6.45) is 5.47. The quantitative estimate of drug-likeness (QED) is 0.802. The molecule has 3 nitrogen and oxygen atoms in total. The van der Waals surface area contributed by atoms with E-state index in [1.165, 1.54) is 17.5 Å². The topological polar surface area (TPSA) is 62.7 Å². The highest BCUT2D eigenvalue weighted by Crippen LogP contribution is 2.35. The van der Waals surface area contributed by atoms with E-state index in [1.54, 1.807) is 0 Å². The van der Waals surface area contributed by atoms with Crippen molar-refractivity contribution >= 4 is 18.2 Å². The monoisotopic (exact) mass is 313 g/mol. The van der Waals surface area contributed by atoms with Crippen LogP contribution in [0.25, 0.3) is 11.1 Å². The number of aryl methyl sites for hydroxylation is 2. The average molecular weight is 314 g/mol. The van der Waals surface area contributed by atoms with Crippen LogP contribution in [0.15, 0.2) is 24.3 Å². The fraction of sp³-hybridized carbons (Fsp3) is 0.333. The Morgan fingerprint density at radius 2 is 1.77 bits per heavy atom. The van der Waals surface area contributed by atoms with Gasteiger partial charge in [-0.25, -0.2) is 4.98 Å². The molecule has 0 amide bonds. The van der Waals surface area contributed by atoms with Crippen molar-refractivity contribution in [2.24, 2.45) is 0 Å². The van der Waals surface area contributed by atoms with Crippen LogP contribution in [-0.4, -0.2) is 4.98 Å². The first kappa shape index (κ1) is 16.3. The lowest BCUT2D eigenvalue weighted by Crippen LogP contribution is -2.06. The Balaban J connectivity index is 0.00000176. The Labute approximate surface area is 137 Å². The Morgan fingerprint density at radius 1 is 1.09 bits per heavy atom. The van der Waals surface area contributed by atoms with Gasteiger partial charge in [0.1, 0.15) is 17.5 Å². The molecule has 1 aromatic carbocycles. The minimum atomic E-state index is 0. The molecule has 0 saturated heterocycles. The van der Waals surface area contributed by atoms with E-state index in [2.05, 4.69) is 42.2 Å². The lowest BCUT2D eigenvalue weighted by molar-refractivity contribution is 0.709. The van der Waals surface area contributed by atoms with E-state index in [9.17, 15) is 5.26 Å². The highest BCUT2D eigenvalue weighted by molar-refractivity contribution is 5.85. The van der Waals surface area contributed by atoms with Crippen LogP contribution in [0.1, 0.15) is 41.6 Å². The van der Waals surface area contributed by atoms with E-state index in [0.717, 1.165) is 42.5 Å². The fourth-order valence-electron chi connectivity index (χ4n) is 3.09. The zero-order valence-corrected chi connectivity index (χ0v) is 13.5. The van der Waals surface area contributed by atoms with Crippen molar-refractivity contribution in [3.8, 4) is 17.2 Å². The Hall–Kier alpha value is -2.05. The number of hydrogen-bond acceptors (Lipinski definition) is 3. The molecule has 0 atom stereocenters. The summed E-state index contributed by atoms with van der Waals surface area (Å²) in [5.74, 6) is 0.369. The Morgan fingerprint density at radius 3 is 2.45 bits per heavy atom. The third-order valence-electron chi connectivity index (χ3n) is 4.20. The average Bonchev–Trinajstić information content (AvgIpc) is 2.72. The second kappa shape index (κ2) is 6.81. The Kier molecular flexibility index (Phi) is 5.05. The molecular weight excluding hydrogens is 294 g/mol. The molecule has 114 valence electrons. The molecule has 1 aromatic heterocycles. The minimum absolute atomic E-state index is 0. The zero-order chi connectivity index (χ0) is 14.8. The van der Waals surface area contributed by atoms with Gasteiger partial charge in [0.2, 0.25) is 0 Å². The molecule has 2 N–H and O–H groups in total. The van der Waals surface area contributed by atoms with Crippen LogP contribution in [0, 0.1) is 18.3 Å². The maximum Gasteiger partial charge on any atom is 0.142 e. The second-order valence-corrected chi connectivity index (χ2v) is 5.71. The van der Waals surface area contributed by atoms with Gasteiger partial charge in [-0.2, -0.15) is 5.26 Å². The third-order valence-corrected chi connectivity index (χ3v) is 4.20. The summed E-state index contributed by atoms with van der Waals surface area (Å²) in [7, 11) is 0. The van der Waals surface area contributed by atoms with Crippen LogP contribution >= 0.6 is 12.4 Å². The smallest absolute Gasteiger partial charge is 0.142 e. The molecule has 1 aliphatic rings. The van der Waals surface area contributed by atoms with Gasteiger partial charge < -0.3 is 5.73 Å². The molecule has 2 aromatic rings. The largest absolute Gasteiger partial charge is 0.383 e. The molecule has 1 aliphatic carbocycles. The third kappa shape index (κ3) is 2.93. The van der Waals surface area contributed by atoms with E-state index < -0.39 is 0 Å². The summed E-state index contributed by atoms with van der Waals surface area (Å²) in [5.41, 5.74) is 12.2. The van der Waals surface area contributed by atoms with Gasteiger partial charge in [-0.05, 0) is 43.7 Å². The number of nitrogens with zero attached hydrogens (tertiary/aromatic N) is 2. The predicted octanol–water partition coefficient (Wildman–Crippen LogP) is 4.20. The number of nitrogen functional groups attached to an aromatic ring is 1. The minimum Gasteiger partial charge on any atom is -0.383 e. The fourth-order valence-corrected chi connectivity index (χ4v) is 3.09. The number of halogens is 1.